The van der Waals surface area contributed by atoms with Crippen LogP contribution in [0.3, 0.4) is 0 Å². The molecule has 0 spiro atoms. The lowest BCUT2D eigenvalue weighted by Gasteiger charge is -2.30. The van der Waals surface area contributed by atoms with Crippen molar-refractivity contribution in [2.24, 2.45) is 0 Å². The third kappa shape index (κ3) is 3.56. The zero-order valence-corrected chi connectivity index (χ0v) is 13.7. The lowest BCUT2D eigenvalue weighted by molar-refractivity contribution is 0.291. The van der Waals surface area contributed by atoms with E-state index in [2.05, 4.69) is 5.32 Å². The van der Waals surface area contributed by atoms with Crippen LogP contribution in [0.25, 0.3) is 0 Å². The Bertz CT molecular complexity index is 567. The number of rotatable bonds is 6. The summed E-state index contributed by atoms with van der Waals surface area (Å²) in [5.74, 6) is 0.685. The van der Waals surface area contributed by atoms with Crippen LogP contribution in [0.15, 0.2) is 29.2 Å². The molecule has 0 saturated carbocycles. The van der Waals surface area contributed by atoms with Crippen molar-refractivity contribution < 1.29 is 13.2 Å². The Morgan fingerprint density at radius 1 is 1.29 bits per heavy atom. The maximum Gasteiger partial charge on any atom is 0.243 e. The Labute approximate surface area is 127 Å². The van der Waals surface area contributed by atoms with Gasteiger partial charge in [-0.15, -0.1) is 0 Å². The molecule has 2 rings (SSSR count). The number of nitrogens with zero attached hydrogens (tertiary/aromatic N) is 1. The molecule has 0 aliphatic carbocycles. The second-order valence-corrected chi connectivity index (χ2v) is 7.78. The summed E-state index contributed by atoms with van der Waals surface area (Å²) in [4.78, 5) is 0.332. The molecule has 1 aliphatic heterocycles. The number of benzene rings is 1. The summed E-state index contributed by atoms with van der Waals surface area (Å²) in [5.41, 5.74) is -0.305. The molecule has 0 radical (unpaired) electrons. The first-order valence-corrected chi connectivity index (χ1v) is 8.72. The van der Waals surface area contributed by atoms with Crippen molar-refractivity contribution in [1.29, 1.82) is 0 Å². The van der Waals surface area contributed by atoms with E-state index in [0.29, 0.717) is 23.8 Å². The minimum absolute atomic E-state index is 0.305. The molecule has 1 aromatic rings. The molecule has 0 bridgehead atoms. The van der Waals surface area contributed by atoms with Crippen molar-refractivity contribution >= 4 is 10.0 Å². The van der Waals surface area contributed by atoms with Gasteiger partial charge in [0, 0.05) is 18.6 Å². The van der Waals surface area contributed by atoms with Gasteiger partial charge in [-0.05, 0) is 58.0 Å². The van der Waals surface area contributed by atoms with E-state index in [1.54, 1.807) is 28.6 Å². The number of nitrogens with one attached hydrogen (secondary N) is 1. The first kappa shape index (κ1) is 16.3. The Hall–Kier alpha value is -1.11. The van der Waals surface area contributed by atoms with Crippen molar-refractivity contribution in [2.75, 3.05) is 26.7 Å². The molecule has 0 amide bonds. The average molecular weight is 312 g/mol. The van der Waals surface area contributed by atoms with E-state index in [0.717, 1.165) is 19.4 Å². The average Bonchev–Trinajstić information content (AvgIpc) is 2.80. The van der Waals surface area contributed by atoms with Crippen molar-refractivity contribution in [3.05, 3.63) is 24.3 Å². The fraction of sp³-hybridized carbons (Fsp3) is 0.600. The Kier molecular flexibility index (Phi) is 4.91. The van der Waals surface area contributed by atoms with E-state index in [4.69, 9.17) is 4.74 Å². The van der Waals surface area contributed by atoms with Crippen molar-refractivity contribution in [2.45, 2.75) is 37.1 Å². The summed E-state index contributed by atoms with van der Waals surface area (Å²) in [6.07, 6.45) is 1.81. The molecule has 0 atom stereocenters. The largest absolute Gasteiger partial charge is 0.492 e. The van der Waals surface area contributed by atoms with Gasteiger partial charge in [0.05, 0.1) is 4.90 Å². The van der Waals surface area contributed by atoms with Gasteiger partial charge in [-0.25, -0.2) is 8.42 Å². The summed E-state index contributed by atoms with van der Waals surface area (Å²) >= 11 is 0. The molecule has 1 saturated heterocycles. The van der Waals surface area contributed by atoms with Gasteiger partial charge >= 0.3 is 0 Å². The smallest absolute Gasteiger partial charge is 0.243 e. The molecular formula is C15H24N2O3S. The van der Waals surface area contributed by atoms with Crippen LogP contribution in [0.5, 0.6) is 5.75 Å². The summed E-state index contributed by atoms with van der Waals surface area (Å²) in [6.45, 7) is 5.86. The number of sulfonamides is 1. The quantitative estimate of drug-likeness (QED) is 0.815. The van der Waals surface area contributed by atoms with E-state index in [-0.39, 0.29) is 5.54 Å². The van der Waals surface area contributed by atoms with Gasteiger partial charge in [0.25, 0.3) is 0 Å². The monoisotopic (exact) mass is 312 g/mol. The lowest BCUT2D eigenvalue weighted by atomic mass is 10.0. The van der Waals surface area contributed by atoms with E-state index in [1.807, 2.05) is 20.9 Å². The van der Waals surface area contributed by atoms with Gasteiger partial charge in [-0.2, -0.15) is 4.31 Å². The molecule has 0 unspecified atom stereocenters. The molecule has 118 valence electrons. The molecule has 21 heavy (non-hydrogen) atoms. The highest BCUT2D eigenvalue weighted by Crippen LogP contribution is 2.34. The predicted molar refractivity (Wildman–Crippen MR) is 83.1 cm³/mol. The van der Waals surface area contributed by atoms with Crippen molar-refractivity contribution in [1.82, 2.24) is 9.62 Å². The minimum atomic E-state index is -3.42. The molecule has 1 N–H and O–H groups in total. The summed E-state index contributed by atoms with van der Waals surface area (Å²) in [5, 5.41) is 2.99. The van der Waals surface area contributed by atoms with E-state index < -0.39 is 10.0 Å². The summed E-state index contributed by atoms with van der Waals surface area (Å²) in [7, 11) is -1.56. The number of likely N-dealkylation sites (N-methyl/N-ethyl adjacent to an activating group) is 1. The molecule has 1 aliphatic rings. The molecule has 1 fully saturated rings. The van der Waals surface area contributed by atoms with E-state index >= 15 is 0 Å². The Morgan fingerprint density at radius 3 is 2.48 bits per heavy atom. The van der Waals surface area contributed by atoms with Crippen LogP contribution in [-0.2, 0) is 10.0 Å². The van der Waals surface area contributed by atoms with Crippen LogP contribution >= 0.6 is 0 Å². The van der Waals surface area contributed by atoms with Crippen molar-refractivity contribution in [3.63, 3.8) is 0 Å². The highest BCUT2D eigenvalue weighted by atomic mass is 32.2. The maximum absolute atomic E-state index is 12.7. The van der Waals surface area contributed by atoms with Crippen LogP contribution < -0.4 is 10.1 Å². The normalized spacial score (nSPS) is 18.8. The molecule has 0 aromatic heterocycles. The van der Waals surface area contributed by atoms with Crippen molar-refractivity contribution in [3.8, 4) is 5.75 Å². The molecule has 1 aromatic carbocycles. The van der Waals surface area contributed by atoms with Crippen LogP contribution in [0.4, 0.5) is 0 Å². The summed E-state index contributed by atoms with van der Waals surface area (Å²) < 4.78 is 32.5. The fourth-order valence-electron chi connectivity index (χ4n) is 2.63. The maximum atomic E-state index is 12.7. The topological polar surface area (TPSA) is 58.6 Å². The number of hydrogen-bond acceptors (Lipinski definition) is 4. The van der Waals surface area contributed by atoms with Gasteiger partial charge in [0.15, 0.2) is 0 Å². The Balaban J connectivity index is 2.14. The molecular weight excluding hydrogens is 288 g/mol. The van der Waals surface area contributed by atoms with Crippen LogP contribution in [-0.4, -0.2) is 45.0 Å². The SMILES string of the molecule is CNCCOc1ccc(S(=O)(=O)N2CCCC2(C)C)cc1. The lowest BCUT2D eigenvalue weighted by Crippen LogP contribution is -2.42. The third-order valence-electron chi connectivity index (χ3n) is 3.86. The third-order valence-corrected chi connectivity index (χ3v) is 5.98. The number of hydrogen-bond donors (Lipinski definition) is 1. The first-order valence-electron chi connectivity index (χ1n) is 7.28. The van der Waals surface area contributed by atoms with E-state index in [9.17, 15) is 8.42 Å². The molecule has 6 heteroatoms. The zero-order chi connectivity index (χ0) is 15.5. The highest BCUT2D eigenvalue weighted by Gasteiger charge is 2.40. The highest BCUT2D eigenvalue weighted by molar-refractivity contribution is 7.89. The standard InChI is InChI=1S/C15H24N2O3S/c1-15(2)9-4-11-17(15)21(18,19)14-7-5-13(6-8-14)20-12-10-16-3/h5-8,16H,4,9-12H2,1-3H3. The fourth-order valence-corrected chi connectivity index (χ4v) is 4.48. The van der Waals surface area contributed by atoms with Crippen LogP contribution in [0.1, 0.15) is 26.7 Å². The minimum Gasteiger partial charge on any atom is -0.492 e. The van der Waals surface area contributed by atoms with Gasteiger partial charge in [0.2, 0.25) is 10.0 Å². The van der Waals surface area contributed by atoms with Crippen LogP contribution in [0.2, 0.25) is 0 Å². The predicted octanol–water partition coefficient (Wildman–Crippen LogP) is 1.85. The van der Waals surface area contributed by atoms with Gasteiger partial charge in [-0.1, -0.05) is 0 Å². The van der Waals surface area contributed by atoms with Gasteiger partial charge in [-0.3, -0.25) is 0 Å². The second-order valence-electron chi connectivity index (χ2n) is 5.92. The van der Waals surface area contributed by atoms with Crippen LogP contribution in [0, 0.1) is 0 Å². The first-order chi connectivity index (χ1) is 9.88. The summed E-state index contributed by atoms with van der Waals surface area (Å²) in [6, 6.07) is 6.67. The molecule has 5 nitrogen and oxygen atoms in total. The van der Waals surface area contributed by atoms with Gasteiger partial charge in [0.1, 0.15) is 12.4 Å². The zero-order valence-electron chi connectivity index (χ0n) is 12.9. The Morgan fingerprint density at radius 2 is 1.95 bits per heavy atom. The van der Waals surface area contributed by atoms with E-state index in [1.165, 1.54) is 0 Å². The van der Waals surface area contributed by atoms with Gasteiger partial charge < -0.3 is 10.1 Å². The molecule has 1 heterocycles. The second kappa shape index (κ2) is 6.34. The number of ether oxygens (including phenoxy) is 1.